The number of amides is 1. The monoisotopic (exact) mass is 206 g/mol. The molecule has 15 heavy (non-hydrogen) atoms. The van der Waals surface area contributed by atoms with E-state index >= 15 is 0 Å². The van der Waals surface area contributed by atoms with Crippen LogP contribution in [-0.4, -0.2) is 29.9 Å². The van der Waals surface area contributed by atoms with Crippen LogP contribution >= 0.6 is 0 Å². The molecular formula is C11H14N2O2. The van der Waals surface area contributed by atoms with E-state index < -0.39 is 0 Å². The highest BCUT2D eigenvalue weighted by Crippen LogP contribution is 2.10. The zero-order valence-corrected chi connectivity index (χ0v) is 9.15. The lowest BCUT2D eigenvalue weighted by molar-refractivity contribution is -0.126. The SMILES string of the molecule is C=C(Oc1cccc(C)n1)C(=O)N(C)C. The van der Waals surface area contributed by atoms with Crippen molar-refractivity contribution in [3.05, 3.63) is 36.2 Å². The summed E-state index contributed by atoms with van der Waals surface area (Å²) < 4.78 is 5.22. The number of aromatic nitrogens is 1. The summed E-state index contributed by atoms with van der Waals surface area (Å²) in [6.07, 6.45) is 0. The Bertz CT molecular complexity index is 386. The standard InChI is InChI=1S/C11H14N2O2/c1-8-6-5-7-10(12-8)15-9(2)11(14)13(3)4/h5-7H,2H2,1,3-4H3. The molecule has 0 saturated carbocycles. The van der Waals surface area contributed by atoms with Crippen LogP contribution < -0.4 is 4.74 Å². The number of carbonyl (C=O) groups excluding carboxylic acids is 1. The summed E-state index contributed by atoms with van der Waals surface area (Å²) in [6.45, 7) is 5.40. The second kappa shape index (κ2) is 4.59. The van der Waals surface area contributed by atoms with Crippen LogP contribution in [-0.2, 0) is 4.79 Å². The Kier molecular flexibility index (Phi) is 3.44. The highest BCUT2D eigenvalue weighted by Gasteiger charge is 2.11. The van der Waals surface area contributed by atoms with Gasteiger partial charge in [-0.2, -0.15) is 0 Å². The lowest BCUT2D eigenvalue weighted by Gasteiger charge is -2.12. The molecule has 0 fully saturated rings. The van der Waals surface area contributed by atoms with E-state index in [0.29, 0.717) is 5.88 Å². The molecule has 4 heteroatoms. The van der Waals surface area contributed by atoms with Gasteiger partial charge >= 0.3 is 0 Å². The van der Waals surface area contributed by atoms with Gasteiger partial charge in [0.15, 0.2) is 5.76 Å². The topological polar surface area (TPSA) is 42.4 Å². The maximum Gasteiger partial charge on any atom is 0.288 e. The second-order valence-electron chi connectivity index (χ2n) is 3.34. The smallest absolute Gasteiger partial charge is 0.288 e. The fraction of sp³-hybridized carbons (Fsp3) is 0.273. The third-order valence-electron chi connectivity index (χ3n) is 1.74. The molecule has 0 spiro atoms. The van der Waals surface area contributed by atoms with Crippen molar-refractivity contribution in [3.8, 4) is 5.88 Å². The van der Waals surface area contributed by atoms with E-state index in [0.717, 1.165) is 5.69 Å². The van der Waals surface area contributed by atoms with Crippen molar-refractivity contribution in [2.45, 2.75) is 6.92 Å². The summed E-state index contributed by atoms with van der Waals surface area (Å²) in [5.41, 5.74) is 0.831. The van der Waals surface area contributed by atoms with Gasteiger partial charge in [0.05, 0.1) is 0 Å². The van der Waals surface area contributed by atoms with Crippen molar-refractivity contribution >= 4 is 5.91 Å². The van der Waals surface area contributed by atoms with Crippen LogP contribution in [0, 0.1) is 6.92 Å². The van der Waals surface area contributed by atoms with Crippen LogP contribution in [0.1, 0.15) is 5.69 Å². The van der Waals surface area contributed by atoms with Gasteiger partial charge in [-0.1, -0.05) is 12.6 Å². The Morgan fingerprint density at radius 2 is 2.13 bits per heavy atom. The first-order chi connectivity index (χ1) is 7.00. The van der Waals surface area contributed by atoms with Gasteiger partial charge in [-0.25, -0.2) is 4.98 Å². The maximum atomic E-state index is 11.4. The van der Waals surface area contributed by atoms with Crippen molar-refractivity contribution in [1.29, 1.82) is 0 Å². The quantitative estimate of drug-likeness (QED) is 0.554. The number of hydrogen-bond acceptors (Lipinski definition) is 3. The molecule has 1 aromatic heterocycles. The van der Waals surface area contributed by atoms with Crippen LogP contribution in [0.5, 0.6) is 5.88 Å². The third-order valence-corrected chi connectivity index (χ3v) is 1.74. The number of hydrogen-bond donors (Lipinski definition) is 0. The Labute approximate surface area is 89.2 Å². The summed E-state index contributed by atoms with van der Waals surface area (Å²) in [7, 11) is 3.28. The van der Waals surface area contributed by atoms with Crippen molar-refractivity contribution in [2.24, 2.45) is 0 Å². The highest BCUT2D eigenvalue weighted by atomic mass is 16.5. The number of likely N-dealkylation sites (N-methyl/N-ethyl adjacent to an activating group) is 1. The minimum Gasteiger partial charge on any atom is -0.434 e. The maximum absolute atomic E-state index is 11.4. The van der Waals surface area contributed by atoms with Crippen LogP contribution in [0.4, 0.5) is 0 Å². The Morgan fingerprint density at radius 1 is 1.47 bits per heavy atom. The minimum absolute atomic E-state index is 0.0677. The van der Waals surface area contributed by atoms with E-state index in [2.05, 4.69) is 11.6 Å². The van der Waals surface area contributed by atoms with Crippen molar-refractivity contribution in [2.75, 3.05) is 14.1 Å². The van der Waals surface area contributed by atoms with Gasteiger partial charge in [0.25, 0.3) is 5.91 Å². The zero-order chi connectivity index (χ0) is 11.4. The minimum atomic E-state index is -0.265. The number of pyridine rings is 1. The number of rotatable bonds is 3. The van der Waals surface area contributed by atoms with Crippen LogP contribution in [0.3, 0.4) is 0 Å². The molecule has 0 aliphatic rings. The van der Waals surface area contributed by atoms with E-state index in [1.165, 1.54) is 4.90 Å². The first kappa shape index (κ1) is 11.2. The number of ether oxygens (including phenoxy) is 1. The van der Waals surface area contributed by atoms with Crippen molar-refractivity contribution in [3.63, 3.8) is 0 Å². The molecule has 1 heterocycles. The molecule has 80 valence electrons. The molecule has 1 aromatic rings. The van der Waals surface area contributed by atoms with E-state index in [4.69, 9.17) is 4.74 Å². The highest BCUT2D eigenvalue weighted by molar-refractivity contribution is 5.90. The molecule has 0 radical (unpaired) electrons. The van der Waals surface area contributed by atoms with Crippen LogP contribution in [0.2, 0.25) is 0 Å². The van der Waals surface area contributed by atoms with Crippen molar-refractivity contribution in [1.82, 2.24) is 9.88 Å². The summed E-state index contributed by atoms with van der Waals surface area (Å²) >= 11 is 0. The predicted molar refractivity (Wildman–Crippen MR) is 57.4 cm³/mol. The first-order valence-corrected chi connectivity index (χ1v) is 4.53. The van der Waals surface area contributed by atoms with Gasteiger partial charge in [-0.3, -0.25) is 4.79 Å². The van der Waals surface area contributed by atoms with Gasteiger partial charge in [0.2, 0.25) is 5.88 Å². The fourth-order valence-corrected chi connectivity index (χ4v) is 0.994. The largest absolute Gasteiger partial charge is 0.434 e. The van der Waals surface area contributed by atoms with Crippen LogP contribution in [0.15, 0.2) is 30.5 Å². The summed E-state index contributed by atoms with van der Waals surface area (Å²) in [5.74, 6) is 0.187. The molecule has 0 bridgehead atoms. The molecule has 1 amide bonds. The molecule has 0 atom stereocenters. The van der Waals surface area contributed by atoms with E-state index in [1.807, 2.05) is 19.1 Å². The Morgan fingerprint density at radius 3 is 2.67 bits per heavy atom. The van der Waals surface area contributed by atoms with E-state index in [-0.39, 0.29) is 11.7 Å². The Balaban J connectivity index is 2.71. The number of carbonyl (C=O) groups is 1. The molecule has 0 N–H and O–H groups in total. The fourth-order valence-electron chi connectivity index (χ4n) is 0.994. The third kappa shape index (κ3) is 3.09. The normalized spacial score (nSPS) is 9.53. The number of nitrogens with zero attached hydrogens (tertiary/aromatic N) is 2. The summed E-state index contributed by atoms with van der Waals surface area (Å²) in [6, 6.07) is 5.34. The molecule has 0 aliphatic heterocycles. The average Bonchev–Trinajstić information content (AvgIpc) is 2.16. The lowest BCUT2D eigenvalue weighted by Crippen LogP contribution is -2.25. The Hall–Kier alpha value is -1.84. The van der Waals surface area contributed by atoms with Gasteiger partial charge in [0.1, 0.15) is 0 Å². The number of aryl methyl sites for hydroxylation is 1. The molecule has 0 saturated heterocycles. The lowest BCUT2D eigenvalue weighted by atomic mass is 10.4. The predicted octanol–water partition coefficient (Wildman–Crippen LogP) is 1.37. The van der Waals surface area contributed by atoms with E-state index in [1.54, 1.807) is 20.2 Å². The molecule has 0 aromatic carbocycles. The zero-order valence-electron chi connectivity index (χ0n) is 9.15. The first-order valence-electron chi connectivity index (χ1n) is 4.53. The molecule has 0 unspecified atom stereocenters. The van der Waals surface area contributed by atoms with Gasteiger partial charge in [-0.15, -0.1) is 0 Å². The van der Waals surface area contributed by atoms with E-state index in [9.17, 15) is 4.79 Å². The average molecular weight is 206 g/mol. The van der Waals surface area contributed by atoms with Gasteiger partial charge in [0, 0.05) is 25.9 Å². The van der Waals surface area contributed by atoms with Crippen LogP contribution in [0.25, 0.3) is 0 Å². The van der Waals surface area contributed by atoms with Crippen molar-refractivity contribution < 1.29 is 9.53 Å². The molecule has 0 aliphatic carbocycles. The summed E-state index contributed by atoms with van der Waals surface area (Å²) in [5, 5.41) is 0. The van der Waals surface area contributed by atoms with Gasteiger partial charge < -0.3 is 9.64 Å². The molecule has 1 rings (SSSR count). The van der Waals surface area contributed by atoms with Gasteiger partial charge in [-0.05, 0) is 13.0 Å². The molecular weight excluding hydrogens is 192 g/mol. The molecule has 4 nitrogen and oxygen atoms in total. The summed E-state index contributed by atoms with van der Waals surface area (Å²) in [4.78, 5) is 16.9. The second-order valence-corrected chi connectivity index (χ2v) is 3.34.